The van der Waals surface area contributed by atoms with E-state index in [0.717, 1.165) is 16.9 Å². The van der Waals surface area contributed by atoms with Gasteiger partial charge in [0, 0.05) is 6.04 Å². The molecule has 1 amide bonds. The number of amides is 1. The van der Waals surface area contributed by atoms with E-state index in [0.29, 0.717) is 6.42 Å². The minimum absolute atomic E-state index is 0.111. The standard InChI is InChI=1S/C18H23N3O3/c1-10(2)21-15-8-6-5-7-14(15)20-16(21)11(3)19-17(22)12-9-13(12)18(23)24-4/h5-8,10-13H,9H2,1-4H3,(H,19,22)/t11-,12+,13-/m1/s1. The number of esters is 1. The van der Waals surface area contributed by atoms with Gasteiger partial charge in [0.15, 0.2) is 0 Å². The molecule has 1 fully saturated rings. The Morgan fingerprint density at radius 1 is 1.25 bits per heavy atom. The van der Waals surface area contributed by atoms with Crippen LogP contribution in [-0.2, 0) is 14.3 Å². The highest BCUT2D eigenvalue weighted by molar-refractivity contribution is 5.90. The van der Waals surface area contributed by atoms with Gasteiger partial charge in [-0.25, -0.2) is 4.98 Å². The van der Waals surface area contributed by atoms with Gasteiger partial charge in [0.05, 0.1) is 36.0 Å². The van der Waals surface area contributed by atoms with Gasteiger partial charge in [-0.05, 0) is 39.3 Å². The van der Waals surface area contributed by atoms with Gasteiger partial charge in [-0.3, -0.25) is 9.59 Å². The fourth-order valence-corrected chi connectivity index (χ4v) is 3.19. The van der Waals surface area contributed by atoms with Gasteiger partial charge in [0.2, 0.25) is 5.91 Å². The molecule has 24 heavy (non-hydrogen) atoms. The van der Waals surface area contributed by atoms with E-state index in [1.165, 1.54) is 7.11 Å². The maximum atomic E-state index is 12.4. The van der Waals surface area contributed by atoms with E-state index >= 15 is 0 Å². The summed E-state index contributed by atoms with van der Waals surface area (Å²) in [6.07, 6.45) is 0.561. The van der Waals surface area contributed by atoms with Crippen LogP contribution in [0.2, 0.25) is 0 Å². The zero-order chi connectivity index (χ0) is 17.4. The first-order valence-corrected chi connectivity index (χ1v) is 8.29. The molecular weight excluding hydrogens is 306 g/mol. The number of fused-ring (bicyclic) bond motifs is 1. The number of rotatable bonds is 5. The number of imidazole rings is 1. The lowest BCUT2D eigenvalue weighted by Crippen LogP contribution is -2.31. The van der Waals surface area contributed by atoms with Crippen molar-refractivity contribution in [2.75, 3.05) is 7.11 Å². The minimum atomic E-state index is -0.308. The van der Waals surface area contributed by atoms with Crippen molar-refractivity contribution in [1.82, 2.24) is 14.9 Å². The van der Waals surface area contributed by atoms with Gasteiger partial charge in [0.25, 0.3) is 0 Å². The van der Waals surface area contributed by atoms with Crippen molar-refractivity contribution in [2.45, 2.75) is 39.3 Å². The molecule has 1 aromatic heterocycles. The third-order valence-corrected chi connectivity index (χ3v) is 4.52. The van der Waals surface area contributed by atoms with Crippen molar-refractivity contribution >= 4 is 22.9 Å². The van der Waals surface area contributed by atoms with Crippen LogP contribution in [0.5, 0.6) is 0 Å². The summed E-state index contributed by atoms with van der Waals surface area (Å²) in [5.41, 5.74) is 1.98. The van der Waals surface area contributed by atoms with Gasteiger partial charge in [-0.15, -0.1) is 0 Å². The van der Waals surface area contributed by atoms with E-state index < -0.39 is 0 Å². The molecule has 1 aliphatic rings. The van der Waals surface area contributed by atoms with Gasteiger partial charge in [-0.2, -0.15) is 0 Å². The number of ether oxygens (including phenoxy) is 1. The Balaban J connectivity index is 1.79. The van der Waals surface area contributed by atoms with Crippen LogP contribution in [0.15, 0.2) is 24.3 Å². The topological polar surface area (TPSA) is 73.2 Å². The number of carbonyl (C=O) groups excluding carboxylic acids is 2. The van der Waals surface area contributed by atoms with E-state index in [1.807, 2.05) is 31.2 Å². The number of para-hydroxylation sites is 2. The van der Waals surface area contributed by atoms with Gasteiger partial charge >= 0.3 is 5.97 Å². The molecule has 0 spiro atoms. The molecule has 0 aliphatic heterocycles. The molecule has 128 valence electrons. The molecular formula is C18H23N3O3. The summed E-state index contributed by atoms with van der Waals surface area (Å²) < 4.78 is 6.84. The summed E-state index contributed by atoms with van der Waals surface area (Å²) in [6.45, 7) is 6.12. The first-order valence-electron chi connectivity index (χ1n) is 8.29. The number of benzene rings is 1. The van der Waals surface area contributed by atoms with E-state index in [9.17, 15) is 9.59 Å². The number of carbonyl (C=O) groups is 2. The highest BCUT2D eigenvalue weighted by Crippen LogP contribution is 2.40. The maximum absolute atomic E-state index is 12.4. The fourth-order valence-electron chi connectivity index (χ4n) is 3.19. The molecule has 0 bridgehead atoms. The Labute approximate surface area is 141 Å². The van der Waals surface area contributed by atoms with Crippen molar-refractivity contribution in [3.05, 3.63) is 30.1 Å². The average Bonchev–Trinajstić information content (AvgIpc) is 3.26. The van der Waals surface area contributed by atoms with Crippen molar-refractivity contribution in [1.29, 1.82) is 0 Å². The van der Waals surface area contributed by atoms with Crippen molar-refractivity contribution in [3.63, 3.8) is 0 Å². The Hall–Kier alpha value is -2.37. The summed E-state index contributed by atoms with van der Waals surface area (Å²) in [4.78, 5) is 28.5. The van der Waals surface area contributed by atoms with Crippen molar-refractivity contribution in [3.8, 4) is 0 Å². The summed E-state index contributed by atoms with van der Waals surface area (Å²) in [7, 11) is 1.35. The van der Waals surface area contributed by atoms with E-state index in [4.69, 9.17) is 9.72 Å². The van der Waals surface area contributed by atoms with Crippen molar-refractivity contribution in [2.24, 2.45) is 11.8 Å². The van der Waals surface area contributed by atoms with Crippen LogP contribution in [0.4, 0.5) is 0 Å². The molecule has 6 heteroatoms. The lowest BCUT2D eigenvalue weighted by molar-refractivity contribution is -0.143. The SMILES string of the molecule is COC(=O)[C@@H]1C[C@@H]1C(=O)N[C@H](C)c1nc2ccccc2n1C(C)C. The second kappa shape index (κ2) is 6.26. The van der Waals surface area contributed by atoms with Crippen LogP contribution in [0.25, 0.3) is 11.0 Å². The first-order chi connectivity index (χ1) is 11.4. The molecule has 6 nitrogen and oxygen atoms in total. The molecule has 1 N–H and O–H groups in total. The van der Waals surface area contributed by atoms with Crippen LogP contribution in [-0.4, -0.2) is 28.5 Å². The number of hydrogen-bond acceptors (Lipinski definition) is 4. The monoisotopic (exact) mass is 329 g/mol. The summed E-state index contributed by atoms with van der Waals surface area (Å²) in [6, 6.07) is 7.95. The fraction of sp³-hybridized carbons (Fsp3) is 0.500. The highest BCUT2D eigenvalue weighted by Gasteiger charge is 2.49. The zero-order valence-corrected chi connectivity index (χ0v) is 14.4. The second-order valence-corrected chi connectivity index (χ2v) is 6.62. The lowest BCUT2D eigenvalue weighted by atomic mass is 10.2. The van der Waals surface area contributed by atoms with E-state index in [-0.39, 0.29) is 35.8 Å². The molecule has 0 radical (unpaired) electrons. The number of methoxy groups -OCH3 is 1. The molecule has 1 saturated carbocycles. The number of nitrogens with one attached hydrogen (secondary N) is 1. The molecule has 1 heterocycles. The predicted octanol–water partition coefficient (Wildman–Crippen LogP) is 2.60. The molecule has 1 aromatic carbocycles. The third-order valence-electron chi connectivity index (χ3n) is 4.52. The quantitative estimate of drug-likeness (QED) is 0.856. The van der Waals surface area contributed by atoms with Crippen molar-refractivity contribution < 1.29 is 14.3 Å². The summed E-state index contributed by atoms with van der Waals surface area (Å²) >= 11 is 0. The Kier molecular flexibility index (Phi) is 4.30. The molecule has 0 saturated heterocycles. The predicted molar refractivity (Wildman–Crippen MR) is 90.3 cm³/mol. The Morgan fingerprint density at radius 2 is 1.96 bits per heavy atom. The molecule has 3 atom stereocenters. The van der Waals surface area contributed by atoms with Crippen LogP contribution in [0.1, 0.15) is 45.1 Å². The summed E-state index contributed by atoms with van der Waals surface area (Å²) in [5, 5.41) is 2.99. The van der Waals surface area contributed by atoms with Crippen LogP contribution < -0.4 is 5.32 Å². The van der Waals surface area contributed by atoms with Gasteiger partial charge in [0.1, 0.15) is 5.82 Å². The normalized spacial score (nSPS) is 20.9. The maximum Gasteiger partial charge on any atom is 0.309 e. The largest absolute Gasteiger partial charge is 0.469 e. The molecule has 1 aliphatic carbocycles. The Morgan fingerprint density at radius 3 is 2.62 bits per heavy atom. The van der Waals surface area contributed by atoms with Crippen LogP contribution in [0, 0.1) is 11.8 Å². The third kappa shape index (κ3) is 2.88. The summed E-state index contributed by atoms with van der Waals surface area (Å²) in [5.74, 6) is -0.171. The minimum Gasteiger partial charge on any atom is -0.469 e. The smallest absolute Gasteiger partial charge is 0.309 e. The van der Waals surface area contributed by atoms with E-state index in [2.05, 4.69) is 23.7 Å². The number of nitrogens with zero attached hydrogens (tertiary/aromatic N) is 2. The Bertz CT molecular complexity index is 781. The lowest BCUT2D eigenvalue weighted by Gasteiger charge is -2.18. The first kappa shape index (κ1) is 16.5. The zero-order valence-electron chi connectivity index (χ0n) is 14.4. The van der Waals surface area contributed by atoms with E-state index in [1.54, 1.807) is 0 Å². The van der Waals surface area contributed by atoms with Crippen LogP contribution in [0.3, 0.4) is 0 Å². The molecule has 2 aromatic rings. The highest BCUT2D eigenvalue weighted by atomic mass is 16.5. The van der Waals surface area contributed by atoms with Gasteiger partial charge in [-0.1, -0.05) is 12.1 Å². The number of aromatic nitrogens is 2. The van der Waals surface area contributed by atoms with Gasteiger partial charge < -0.3 is 14.6 Å². The molecule has 3 rings (SSSR count). The molecule has 0 unspecified atom stereocenters. The average molecular weight is 329 g/mol. The number of hydrogen-bond donors (Lipinski definition) is 1. The second-order valence-electron chi connectivity index (χ2n) is 6.62. The van der Waals surface area contributed by atoms with Crippen LogP contribution >= 0.6 is 0 Å².